The number of hydrogen-bond donors (Lipinski definition) is 2. The molecule has 1 aromatic carbocycles. The molecule has 0 aromatic heterocycles. The second-order valence-electron chi connectivity index (χ2n) is 4.37. The van der Waals surface area contributed by atoms with Gasteiger partial charge in [-0.3, -0.25) is 9.59 Å². The largest absolute Gasteiger partial charge is 0.344 e. The molecule has 0 saturated heterocycles. The Morgan fingerprint density at radius 2 is 1.82 bits per heavy atom. The van der Waals surface area contributed by atoms with E-state index in [1.54, 1.807) is 0 Å². The summed E-state index contributed by atoms with van der Waals surface area (Å²) in [5.74, 6) is -0.117. The third-order valence-corrected chi connectivity index (χ3v) is 3.26. The highest BCUT2D eigenvalue weighted by atomic mass is 16.2. The highest BCUT2D eigenvalue weighted by Gasteiger charge is 2.40. The van der Waals surface area contributed by atoms with E-state index in [2.05, 4.69) is 10.6 Å². The van der Waals surface area contributed by atoms with Crippen molar-refractivity contribution >= 4 is 18.0 Å². The quantitative estimate of drug-likeness (QED) is 0.776. The van der Waals surface area contributed by atoms with E-state index in [1.807, 2.05) is 30.3 Å². The molecule has 0 bridgehead atoms. The fraction of sp³-hybridized carbons (Fsp3) is 0.385. The lowest BCUT2D eigenvalue weighted by Gasteiger charge is -2.26. The summed E-state index contributed by atoms with van der Waals surface area (Å²) >= 11 is 0. The van der Waals surface area contributed by atoms with Crippen molar-refractivity contribution in [1.29, 1.82) is 0 Å². The first-order valence-electron chi connectivity index (χ1n) is 5.85. The predicted molar refractivity (Wildman–Crippen MR) is 65.5 cm³/mol. The Labute approximate surface area is 100 Å². The summed E-state index contributed by atoms with van der Waals surface area (Å²) in [7, 11) is 0. The SMILES string of the molecule is O=CNC1(C(=O)Nc2ccccc2)CCCC1. The molecule has 1 aliphatic carbocycles. The van der Waals surface area contributed by atoms with Crippen molar-refractivity contribution in [2.45, 2.75) is 31.2 Å². The van der Waals surface area contributed by atoms with E-state index in [9.17, 15) is 9.59 Å². The van der Waals surface area contributed by atoms with Gasteiger partial charge in [0.2, 0.25) is 12.3 Å². The Kier molecular flexibility index (Phi) is 3.42. The molecule has 0 spiro atoms. The lowest BCUT2D eigenvalue weighted by atomic mass is 9.96. The van der Waals surface area contributed by atoms with Crippen LogP contribution in [0.2, 0.25) is 0 Å². The maximum absolute atomic E-state index is 12.2. The Balaban J connectivity index is 2.10. The van der Waals surface area contributed by atoms with Crippen molar-refractivity contribution < 1.29 is 9.59 Å². The summed E-state index contributed by atoms with van der Waals surface area (Å²) in [6.45, 7) is 0. The number of nitrogens with one attached hydrogen (secondary N) is 2. The van der Waals surface area contributed by atoms with Crippen molar-refractivity contribution in [1.82, 2.24) is 5.32 Å². The lowest BCUT2D eigenvalue weighted by molar-refractivity contribution is -0.125. The molecule has 0 heterocycles. The summed E-state index contributed by atoms with van der Waals surface area (Å²) in [4.78, 5) is 22.8. The zero-order valence-electron chi connectivity index (χ0n) is 9.61. The van der Waals surface area contributed by atoms with Gasteiger partial charge in [0.25, 0.3) is 0 Å². The fourth-order valence-corrected chi connectivity index (χ4v) is 2.30. The molecule has 2 amide bonds. The van der Waals surface area contributed by atoms with Gasteiger partial charge in [0.15, 0.2) is 0 Å². The molecule has 1 saturated carbocycles. The van der Waals surface area contributed by atoms with Crippen LogP contribution in [0.5, 0.6) is 0 Å². The molecule has 0 radical (unpaired) electrons. The molecule has 90 valence electrons. The smallest absolute Gasteiger partial charge is 0.250 e. The number of carbonyl (C=O) groups is 2. The average molecular weight is 232 g/mol. The van der Waals surface area contributed by atoms with Crippen LogP contribution in [0.1, 0.15) is 25.7 Å². The van der Waals surface area contributed by atoms with Gasteiger partial charge in [-0.15, -0.1) is 0 Å². The van der Waals surface area contributed by atoms with Crippen LogP contribution >= 0.6 is 0 Å². The zero-order valence-corrected chi connectivity index (χ0v) is 9.61. The number of anilines is 1. The zero-order chi connectivity index (χ0) is 12.1. The molecule has 1 aliphatic rings. The summed E-state index contributed by atoms with van der Waals surface area (Å²) in [6, 6.07) is 9.29. The number of amides is 2. The van der Waals surface area contributed by atoms with Crippen LogP contribution < -0.4 is 10.6 Å². The van der Waals surface area contributed by atoms with E-state index < -0.39 is 5.54 Å². The van der Waals surface area contributed by atoms with Gasteiger partial charge in [0.05, 0.1) is 0 Å². The first-order valence-corrected chi connectivity index (χ1v) is 5.85. The number of carbonyl (C=O) groups excluding carboxylic acids is 2. The molecule has 2 N–H and O–H groups in total. The van der Waals surface area contributed by atoms with Crippen LogP contribution in [0.25, 0.3) is 0 Å². The van der Waals surface area contributed by atoms with Gasteiger partial charge in [0.1, 0.15) is 5.54 Å². The Morgan fingerprint density at radius 3 is 2.41 bits per heavy atom. The van der Waals surface area contributed by atoms with Gasteiger partial charge in [0, 0.05) is 5.69 Å². The average Bonchev–Trinajstić information content (AvgIpc) is 2.81. The van der Waals surface area contributed by atoms with Crippen LogP contribution in [-0.2, 0) is 9.59 Å². The van der Waals surface area contributed by atoms with Crippen LogP contribution in [0.3, 0.4) is 0 Å². The Bertz CT molecular complexity index is 397. The molecule has 0 atom stereocenters. The van der Waals surface area contributed by atoms with E-state index in [-0.39, 0.29) is 5.91 Å². The second kappa shape index (κ2) is 4.99. The standard InChI is InChI=1S/C13H16N2O2/c16-10-14-13(8-4-5-9-13)12(17)15-11-6-2-1-3-7-11/h1-3,6-7,10H,4-5,8-9H2,(H,14,16)(H,15,17). The molecule has 17 heavy (non-hydrogen) atoms. The summed E-state index contributed by atoms with van der Waals surface area (Å²) < 4.78 is 0. The first-order chi connectivity index (χ1) is 8.27. The second-order valence-corrected chi connectivity index (χ2v) is 4.37. The van der Waals surface area contributed by atoms with Crippen LogP contribution in [0.15, 0.2) is 30.3 Å². The third kappa shape index (κ3) is 2.46. The Morgan fingerprint density at radius 1 is 1.18 bits per heavy atom. The van der Waals surface area contributed by atoms with Crippen molar-refractivity contribution in [3.63, 3.8) is 0 Å². The molecule has 2 rings (SSSR count). The Hall–Kier alpha value is -1.84. The predicted octanol–water partition coefficient (Wildman–Crippen LogP) is 1.68. The fourth-order valence-electron chi connectivity index (χ4n) is 2.30. The van der Waals surface area contributed by atoms with Crippen molar-refractivity contribution in [3.05, 3.63) is 30.3 Å². The third-order valence-electron chi connectivity index (χ3n) is 3.26. The normalized spacial score (nSPS) is 17.4. The van der Waals surface area contributed by atoms with Gasteiger partial charge in [-0.25, -0.2) is 0 Å². The van der Waals surface area contributed by atoms with Gasteiger partial charge >= 0.3 is 0 Å². The van der Waals surface area contributed by atoms with Crippen molar-refractivity contribution in [2.75, 3.05) is 5.32 Å². The van der Waals surface area contributed by atoms with Crippen LogP contribution in [0.4, 0.5) is 5.69 Å². The van der Waals surface area contributed by atoms with E-state index in [4.69, 9.17) is 0 Å². The molecule has 0 unspecified atom stereocenters. The van der Waals surface area contributed by atoms with Crippen molar-refractivity contribution in [3.8, 4) is 0 Å². The van der Waals surface area contributed by atoms with Crippen molar-refractivity contribution in [2.24, 2.45) is 0 Å². The minimum Gasteiger partial charge on any atom is -0.344 e. The van der Waals surface area contributed by atoms with Gasteiger partial charge < -0.3 is 10.6 Å². The first kappa shape index (κ1) is 11.6. The lowest BCUT2D eigenvalue weighted by Crippen LogP contribution is -2.52. The molecular weight excluding hydrogens is 216 g/mol. The highest BCUT2D eigenvalue weighted by molar-refractivity contribution is 5.99. The summed E-state index contributed by atoms with van der Waals surface area (Å²) in [5, 5.41) is 5.53. The van der Waals surface area contributed by atoms with Gasteiger partial charge in [-0.1, -0.05) is 31.0 Å². The minimum atomic E-state index is -0.711. The monoisotopic (exact) mass is 232 g/mol. The molecule has 0 aliphatic heterocycles. The maximum atomic E-state index is 12.2. The number of hydrogen-bond acceptors (Lipinski definition) is 2. The van der Waals surface area contributed by atoms with E-state index in [0.29, 0.717) is 19.3 Å². The summed E-state index contributed by atoms with van der Waals surface area (Å²) in [5.41, 5.74) is 0.0499. The van der Waals surface area contributed by atoms with Crippen LogP contribution in [0, 0.1) is 0 Å². The maximum Gasteiger partial charge on any atom is 0.250 e. The molecule has 1 aromatic rings. The molecular formula is C13H16N2O2. The topological polar surface area (TPSA) is 58.2 Å². The van der Waals surface area contributed by atoms with Crippen LogP contribution in [-0.4, -0.2) is 17.9 Å². The summed E-state index contributed by atoms with van der Waals surface area (Å²) in [6.07, 6.45) is 4.00. The van der Waals surface area contributed by atoms with E-state index in [0.717, 1.165) is 18.5 Å². The highest BCUT2D eigenvalue weighted by Crippen LogP contribution is 2.30. The molecule has 4 heteroatoms. The minimum absolute atomic E-state index is 0.117. The number of rotatable bonds is 4. The number of benzene rings is 1. The van der Waals surface area contributed by atoms with Gasteiger partial charge in [-0.05, 0) is 25.0 Å². The van der Waals surface area contributed by atoms with Gasteiger partial charge in [-0.2, -0.15) is 0 Å². The van der Waals surface area contributed by atoms with E-state index in [1.165, 1.54) is 0 Å². The molecule has 1 fully saturated rings. The molecule has 4 nitrogen and oxygen atoms in total. The van der Waals surface area contributed by atoms with E-state index >= 15 is 0 Å². The number of para-hydroxylation sites is 1.